The molecule has 1 aromatic rings. The highest BCUT2D eigenvalue weighted by atomic mass is 32.1. The molecule has 94 valence electrons. The summed E-state index contributed by atoms with van der Waals surface area (Å²) in [5.74, 6) is -1.50. The van der Waals surface area contributed by atoms with Gasteiger partial charge in [0.2, 0.25) is 5.91 Å². The topological polar surface area (TPSA) is 57.6 Å². The van der Waals surface area contributed by atoms with Gasteiger partial charge in [-0.2, -0.15) is 0 Å². The van der Waals surface area contributed by atoms with E-state index in [1.165, 1.54) is 4.88 Å². The van der Waals surface area contributed by atoms with Gasteiger partial charge in [0.05, 0.1) is 6.42 Å². The molecule has 0 saturated carbocycles. The molecule has 0 spiro atoms. The molecule has 5 heteroatoms. The van der Waals surface area contributed by atoms with Crippen molar-refractivity contribution in [2.75, 3.05) is 13.6 Å². The van der Waals surface area contributed by atoms with Crippen molar-refractivity contribution < 1.29 is 14.7 Å². The second-order valence-corrected chi connectivity index (χ2v) is 5.12. The number of hydrogen-bond acceptors (Lipinski definition) is 3. The maximum atomic E-state index is 11.8. The minimum Gasteiger partial charge on any atom is -0.481 e. The fraction of sp³-hybridized carbons (Fsp3) is 0.500. The van der Waals surface area contributed by atoms with E-state index in [-0.39, 0.29) is 12.3 Å². The molecule has 0 fully saturated rings. The predicted molar refractivity (Wildman–Crippen MR) is 67.1 cm³/mol. The third kappa shape index (κ3) is 4.56. The molecule has 1 heterocycles. The number of carboxylic acid groups (broad SMARTS) is 1. The maximum absolute atomic E-state index is 11.8. The van der Waals surface area contributed by atoms with Crippen molar-refractivity contribution in [1.82, 2.24) is 4.90 Å². The molecule has 1 rings (SSSR count). The van der Waals surface area contributed by atoms with Gasteiger partial charge in [-0.3, -0.25) is 9.59 Å². The fourth-order valence-corrected chi connectivity index (χ4v) is 2.27. The summed E-state index contributed by atoms with van der Waals surface area (Å²) in [5.41, 5.74) is 0. The Kier molecular flexibility index (Phi) is 5.15. The normalized spacial score (nSPS) is 12.1. The van der Waals surface area contributed by atoms with Crippen LogP contribution in [0.5, 0.6) is 0 Å². The number of thiophene rings is 1. The van der Waals surface area contributed by atoms with Gasteiger partial charge >= 0.3 is 5.97 Å². The van der Waals surface area contributed by atoms with Crippen LogP contribution in [-0.2, 0) is 16.0 Å². The van der Waals surface area contributed by atoms with Gasteiger partial charge in [0.15, 0.2) is 0 Å². The lowest BCUT2D eigenvalue weighted by Crippen LogP contribution is -2.34. The van der Waals surface area contributed by atoms with E-state index in [0.29, 0.717) is 6.54 Å². The van der Waals surface area contributed by atoms with Crippen molar-refractivity contribution in [3.05, 3.63) is 22.4 Å². The van der Waals surface area contributed by atoms with Crippen LogP contribution < -0.4 is 0 Å². The Balaban J connectivity index is 2.38. The highest BCUT2D eigenvalue weighted by Crippen LogP contribution is 2.11. The standard InChI is InChI=1S/C12H17NO3S/c1-9(8-11(14)15)12(16)13(2)6-5-10-4-3-7-17-10/h3-4,7,9H,5-6,8H2,1-2H3,(H,14,15). The Morgan fingerprint density at radius 1 is 1.53 bits per heavy atom. The molecule has 1 amide bonds. The van der Waals surface area contributed by atoms with Gasteiger partial charge in [-0.05, 0) is 17.9 Å². The third-order valence-corrected chi connectivity index (χ3v) is 3.49. The molecule has 0 radical (unpaired) electrons. The lowest BCUT2D eigenvalue weighted by molar-refractivity contribution is -0.143. The second-order valence-electron chi connectivity index (χ2n) is 4.09. The number of nitrogens with zero attached hydrogens (tertiary/aromatic N) is 1. The predicted octanol–water partition coefficient (Wildman–Crippen LogP) is 1.86. The number of carbonyl (C=O) groups excluding carboxylic acids is 1. The zero-order chi connectivity index (χ0) is 12.8. The van der Waals surface area contributed by atoms with Crippen molar-refractivity contribution in [1.29, 1.82) is 0 Å². The lowest BCUT2D eigenvalue weighted by Gasteiger charge is -2.20. The zero-order valence-electron chi connectivity index (χ0n) is 10.0. The Morgan fingerprint density at radius 2 is 2.24 bits per heavy atom. The summed E-state index contributed by atoms with van der Waals surface area (Å²) in [6.45, 7) is 2.28. The number of likely N-dealkylation sites (N-methyl/N-ethyl adjacent to an activating group) is 1. The van der Waals surface area contributed by atoms with E-state index in [1.807, 2.05) is 17.5 Å². The number of amides is 1. The van der Waals surface area contributed by atoms with E-state index in [2.05, 4.69) is 0 Å². The van der Waals surface area contributed by atoms with E-state index in [4.69, 9.17) is 5.11 Å². The van der Waals surface area contributed by atoms with Gasteiger partial charge in [-0.15, -0.1) is 11.3 Å². The van der Waals surface area contributed by atoms with Crippen LogP contribution >= 0.6 is 11.3 Å². The summed E-state index contributed by atoms with van der Waals surface area (Å²) < 4.78 is 0. The number of carbonyl (C=O) groups is 2. The van der Waals surface area contributed by atoms with Gasteiger partial charge in [0, 0.05) is 24.4 Å². The first kappa shape index (κ1) is 13.7. The van der Waals surface area contributed by atoms with Crippen LogP contribution in [0.4, 0.5) is 0 Å². The smallest absolute Gasteiger partial charge is 0.304 e. The van der Waals surface area contributed by atoms with Gasteiger partial charge in [-0.1, -0.05) is 13.0 Å². The molecule has 0 saturated heterocycles. The van der Waals surface area contributed by atoms with Crippen LogP contribution in [0.1, 0.15) is 18.2 Å². The van der Waals surface area contributed by atoms with Crippen LogP contribution in [0.25, 0.3) is 0 Å². The minimum atomic E-state index is -0.933. The molecule has 1 atom stereocenters. The summed E-state index contributed by atoms with van der Waals surface area (Å²) in [7, 11) is 1.72. The summed E-state index contributed by atoms with van der Waals surface area (Å²) in [4.78, 5) is 25.2. The fourth-order valence-electron chi connectivity index (χ4n) is 1.57. The van der Waals surface area contributed by atoms with Crippen LogP contribution in [0.15, 0.2) is 17.5 Å². The molecule has 0 aliphatic carbocycles. The van der Waals surface area contributed by atoms with Crippen LogP contribution in [-0.4, -0.2) is 35.5 Å². The van der Waals surface area contributed by atoms with Crippen molar-refractivity contribution in [2.24, 2.45) is 5.92 Å². The summed E-state index contributed by atoms with van der Waals surface area (Å²) in [5, 5.41) is 10.6. The average molecular weight is 255 g/mol. The molecule has 1 N–H and O–H groups in total. The highest BCUT2D eigenvalue weighted by molar-refractivity contribution is 7.09. The number of aliphatic carboxylic acids is 1. The molecule has 4 nitrogen and oxygen atoms in total. The Morgan fingerprint density at radius 3 is 2.76 bits per heavy atom. The van der Waals surface area contributed by atoms with Crippen molar-refractivity contribution in [2.45, 2.75) is 19.8 Å². The molecule has 0 bridgehead atoms. The van der Waals surface area contributed by atoms with E-state index < -0.39 is 11.9 Å². The minimum absolute atomic E-state index is 0.107. The summed E-state index contributed by atoms with van der Waals surface area (Å²) in [6, 6.07) is 4.01. The lowest BCUT2D eigenvalue weighted by atomic mass is 10.1. The van der Waals surface area contributed by atoms with E-state index >= 15 is 0 Å². The largest absolute Gasteiger partial charge is 0.481 e. The molecular formula is C12H17NO3S. The van der Waals surface area contributed by atoms with Crippen molar-refractivity contribution in [3.8, 4) is 0 Å². The first-order valence-corrected chi connectivity index (χ1v) is 6.38. The number of rotatable bonds is 6. The first-order valence-electron chi connectivity index (χ1n) is 5.50. The Labute approximate surface area is 105 Å². The van der Waals surface area contributed by atoms with Crippen molar-refractivity contribution in [3.63, 3.8) is 0 Å². The molecule has 1 aromatic heterocycles. The van der Waals surface area contributed by atoms with Crippen molar-refractivity contribution >= 4 is 23.2 Å². The molecule has 1 unspecified atom stereocenters. The summed E-state index contributed by atoms with van der Waals surface area (Å²) in [6.07, 6.45) is 0.710. The average Bonchev–Trinajstić information content (AvgIpc) is 2.76. The van der Waals surface area contributed by atoms with Gasteiger partial charge in [0.25, 0.3) is 0 Å². The number of hydrogen-bond donors (Lipinski definition) is 1. The zero-order valence-corrected chi connectivity index (χ0v) is 10.9. The van der Waals surface area contributed by atoms with Gasteiger partial charge < -0.3 is 10.0 Å². The number of carboxylic acids is 1. The second kappa shape index (κ2) is 6.39. The molecule has 0 aliphatic rings. The maximum Gasteiger partial charge on any atom is 0.304 e. The van der Waals surface area contributed by atoms with Gasteiger partial charge in [-0.25, -0.2) is 0 Å². The highest BCUT2D eigenvalue weighted by Gasteiger charge is 2.19. The van der Waals surface area contributed by atoms with Crippen LogP contribution in [0, 0.1) is 5.92 Å². The molecule has 0 aliphatic heterocycles. The first-order chi connectivity index (χ1) is 8.00. The van der Waals surface area contributed by atoms with Crippen LogP contribution in [0.2, 0.25) is 0 Å². The van der Waals surface area contributed by atoms with Crippen LogP contribution in [0.3, 0.4) is 0 Å². The molecule has 17 heavy (non-hydrogen) atoms. The Hall–Kier alpha value is -1.36. The third-order valence-electron chi connectivity index (χ3n) is 2.55. The quantitative estimate of drug-likeness (QED) is 0.844. The monoisotopic (exact) mass is 255 g/mol. The van der Waals surface area contributed by atoms with Gasteiger partial charge in [0.1, 0.15) is 0 Å². The molecular weight excluding hydrogens is 238 g/mol. The molecule has 0 aromatic carbocycles. The summed E-state index contributed by atoms with van der Waals surface area (Å²) >= 11 is 1.66. The van der Waals surface area contributed by atoms with E-state index in [0.717, 1.165) is 6.42 Å². The SMILES string of the molecule is CC(CC(=O)O)C(=O)N(C)CCc1cccs1. The van der Waals surface area contributed by atoms with E-state index in [1.54, 1.807) is 30.2 Å². The van der Waals surface area contributed by atoms with E-state index in [9.17, 15) is 9.59 Å². The Bertz CT molecular complexity index is 375.